The first-order valence-corrected chi connectivity index (χ1v) is 7.49. The van der Waals surface area contributed by atoms with Crippen LogP contribution in [0.4, 0.5) is 0 Å². The van der Waals surface area contributed by atoms with Crippen molar-refractivity contribution in [2.24, 2.45) is 11.3 Å². The molecule has 0 aromatic carbocycles. The Bertz CT molecular complexity index is 481. The number of allylic oxidation sites excluding steroid dienone is 2. The number of hydrogen-bond donors (Lipinski definition) is 0. The average Bonchev–Trinajstić information content (AvgIpc) is 2.56. The van der Waals surface area contributed by atoms with Gasteiger partial charge < -0.3 is 9.47 Å². The van der Waals surface area contributed by atoms with Gasteiger partial charge in [0.25, 0.3) is 0 Å². The number of carbonyl (C=O) groups is 2. The van der Waals surface area contributed by atoms with E-state index in [-0.39, 0.29) is 29.9 Å². The molecule has 0 bridgehead atoms. The van der Waals surface area contributed by atoms with Gasteiger partial charge in [-0.3, -0.25) is 9.59 Å². The van der Waals surface area contributed by atoms with Gasteiger partial charge in [0.1, 0.15) is 12.4 Å². The largest absolute Gasteiger partial charge is 0.461 e. The van der Waals surface area contributed by atoms with Gasteiger partial charge in [-0.1, -0.05) is 40.7 Å². The van der Waals surface area contributed by atoms with Gasteiger partial charge in [0.15, 0.2) is 0 Å². The first-order valence-electron chi connectivity index (χ1n) is 7.49. The van der Waals surface area contributed by atoms with Crippen LogP contribution in [0.5, 0.6) is 0 Å². The van der Waals surface area contributed by atoms with Crippen molar-refractivity contribution in [1.82, 2.24) is 0 Å². The number of esters is 2. The molecule has 1 rings (SSSR count). The second-order valence-electron chi connectivity index (χ2n) is 6.34. The summed E-state index contributed by atoms with van der Waals surface area (Å²) >= 11 is 0. The van der Waals surface area contributed by atoms with Crippen LogP contribution < -0.4 is 0 Å². The van der Waals surface area contributed by atoms with Crippen LogP contribution in [0, 0.1) is 11.3 Å². The van der Waals surface area contributed by atoms with E-state index in [1.807, 2.05) is 33.8 Å². The van der Waals surface area contributed by atoms with Crippen molar-refractivity contribution in [3.05, 3.63) is 23.0 Å². The van der Waals surface area contributed by atoms with Gasteiger partial charge in [0, 0.05) is 17.4 Å². The van der Waals surface area contributed by atoms with E-state index in [9.17, 15) is 9.59 Å². The maximum Gasteiger partial charge on any atom is 0.311 e. The third-order valence-corrected chi connectivity index (χ3v) is 3.49. The molecule has 0 saturated carbocycles. The van der Waals surface area contributed by atoms with E-state index in [2.05, 4.69) is 0 Å². The van der Waals surface area contributed by atoms with E-state index >= 15 is 0 Å². The number of carbonyl (C=O) groups excluding carboxylic acids is 2. The van der Waals surface area contributed by atoms with Crippen LogP contribution >= 0.6 is 0 Å². The summed E-state index contributed by atoms with van der Waals surface area (Å²) in [5.74, 6) is -0.0991. The minimum atomic E-state index is -0.275. The van der Waals surface area contributed by atoms with Crippen LogP contribution in [-0.4, -0.2) is 18.5 Å². The van der Waals surface area contributed by atoms with Gasteiger partial charge in [-0.15, -0.1) is 0 Å². The van der Waals surface area contributed by atoms with Gasteiger partial charge in [0.05, 0.1) is 5.92 Å². The molecule has 0 atom stereocenters. The molecule has 0 aliphatic heterocycles. The van der Waals surface area contributed by atoms with Crippen molar-refractivity contribution < 1.29 is 19.1 Å². The van der Waals surface area contributed by atoms with Crippen molar-refractivity contribution in [1.29, 1.82) is 0 Å². The minimum absolute atomic E-state index is 0.159. The van der Waals surface area contributed by atoms with Gasteiger partial charge in [-0.2, -0.15) is 0 Å². The van der Waals surface area contributed by atoms with E-state index < -0.39 is 0 Å². The summed E-state index contributed by atoms with van der Waals surface area (Å²) in [6, 6.07) is 0. The molecule has 0 spiro atoms. The molecule has 0 fully saturated rings. The molecule has 0 unspecified atom stereocenters. The van der Waals surface area contributed by atoms with Crippen molar-refractivity contribution in [2.75, 3.05) is 6.61 Å². The summed E-state index contributed by atoms with van der Waals surface area (Å²) in [7, 11) is 0. The van der Waals surface area contributed by atoms with Crippen LogP contribution in [0.25, 0.3) is 0 Å². The second kappa shape index (κ2) is 6.92. The van der Waals surface area contributed by atoms with Crippen molar-refractivity contribution in [3.8, 4) is 0 Å². The fourth-order valence-electron chi connectivity index (χ4n) is 2.30. The Morgan fingerprint density at radius 1 is 1.29 bits per heavy atom. The van der Waals surface area contributed by atoms with Crippen LogP contribution in [0.15, 0.2) is 23.0 Å². The highest BCUT2D eigenvalue weighted by Crippen LogP contribution is 2.41. The second-order valence-corrected chi connectivity index (χ2v) is 6.34. The lowest BCUT2D eigenvalue weighted by atomic mass is 9.87. The Morgan fingerprint density at radius 2 is 1.90 bits per heavy atom. The number of ether oxygens (including phenoxy) is 2. The molecule has 1 aliphatic rings. The monoisotopic (exact) mass is 294 g/mol. The average molecular weight is 294 g/mol. The normalized spacial score (nSPS) is 17.0. The Balaban J connectivity index is 2.93. The fraction of sp³-hybridized carbons (Fsp3) is 0.647. The van der Waals surface area contributed by atoms with Crippen LogP contribution in [0.3, 0.4) is 0 Å². The van der Waals surface area contributed by atoms with Crippen molar-refractivity contribution in [2.45, 2.75) is 54.4 Å². The molecule has 0 N–H and O–H groups in total. The van der Waals surface area contributed by atoms with Crippen LogP contribution in [0.1, 0.15) is 54.4 Å². The van der Waals surface area contributed by atoms with Gasteiger partial charge in [0.2, 0.25) is 0 Å². The van der Waals surface area contributed by atoms with E-state index in [0.29, 0.717) is 12.2 Å². The summed E-state index contributed by atoms with van der Waals surface area (Å²) in [5, 5.41) is 0. The Morgan fingerprint density at radius 3 is 2.43 bits per heavy atom. The van der Waals surface area contributed by atoms with E-state index in [1.165, 1.54) is 0 Å². The molecule has 4 nitrogen and oxygen atoms in total. The van der Waals surface area contributed by atoms with Crippen molar-refractivity contribution >= 4 is 11.9 Å². The molecule has 0 heterocycles. The Hall–Kier alpha value is -1.58. The summed E-state index contributed by atoms with van der Waals surface area (Å²) in [4.78, 5) is 23.4. The van der Waals surface area contributed by atoms with Crippen LogP contribution in [-0.2, 0) is 19.1 Å². The first kappa shape index (κ1) is 17.5. The molecule has 4 heteroatoms. The quantitative estimate of drug-likeness (QED) is 0.700. The summed E-state index contributed by atoms with van der Waals surface area (Å²) in [6.45, 7) is 11.6. The van der Waals surface area contributed by atoms with Crippen molar-refractivity contribution in [3.63, 3.8) is 0 Å². The Kier molecular flexibility index (Phi) is 5.76. The molecule has 21 heavy (non-hydrogen) atoms. The summed E-state index contributed by atoms with van der Waals surface area (Å²) in [6.07, 6.45) is 3.17. The Labute approximate surface area is 127 Å². The third-order valence-electron chi connectivity index (χ3n) is 3.49. The minimum Gasteiger partial charge on any atom is -0.461 e. The van der Waals surface area contributed by atoms with Crippen LogP contribution in [0.2, 0.25) is 0 Å². The van der Waals surface area contributed by atoms with E-state index in [4.69, 9.17) is 9.47 Å². The third kappa shape index (κ3) is 4.45. The molecule has 118 valence electrons. The van der Waals surface area contributed by atoms with E-state index in [1.54, 1.807) is 13.8 Å². The molecule has 0 amide bonds. The predicted molar refractivity (Wildman–Crippen MR) is 81.4 cm³/mol. The fourth-order valence-corrected chi connectivity index (χ4v) is 2.30. The highest BCUT2D eigenvalue weighted by molar-refractivity contribution is 5.73. The highest BCUT2D eigenvalue weighted by Gasteiger charge is 2.34. The lowest BCUT2D eigenvalue weighted by Gasteiger charge is -2.21. The zero-order valence-corrected chi connectivity index (χ0v) is 13.9. The van der Waals surface area contributed by atoms with Gasteiger partial charge in [-0.25, -0.2) is 0 Å². The first-order chi connectivity index (χ1) is 9.69. The maximum atomic E-state index is 11.8. The van der Waals surface area contributed by atoms with Gasteiger partial charge >= 0.3 is 11.9 Å². The molecular weight excluding hydrogens is 268 g/mol. The maximum absolute atomic E-state index is 11.8. The summed E-state index contributed by atoms with van der Waals surface area (Å²) in [5.41, 5.74) is 1.49. The lowest BCUT2D eigenvalue weighted by Crippen LogP contribution is -2.20. The topological polar surface area (TPSA) is 52.6 Å². The molecular formula is C17H26O4. The predicted octanol–water partition coefficient (Wildman–Crippen LogP) is 3.77. The standard InChI is InChI=1S/C17H26O4/c1-7-8-14(18)21-15-12(4)9-17(5,6)13(15)10-20-16(19)11(2)3/h9,11H,7-8,10H2,1-6H3. The zero-order valence-electron chi connectivity index (χ0n) is 13.9. The molecule has 0 aromatic heterocycles. The SMILES string of the molecule is CCCC(=O)OC1=C(COC(=O)C(C)C)C(C)(C)C=C1C. The number of hydrogen-bond acceptors (Lipinski definition) is 4. The number of rotatable bonds is 6. The lowest BCUT2D eigenvalue weighted by molar-refractivity contribution is -0.146. The summed E-state index contributed by atoms with van der Waals surface area (Å²) < 4.78 is 10.8. The smallest absolute Gasteiger partial charge is 0.311 e. The molecule has 0 saturated heterocycles. The molecule has 0 aromatic rings. The molecule has 1 aliphatic carbocycles. The zero-order chi connectivity index (χ0) is 16.2. The highest BCUT2D eigenvalue weighted by atomic mass is 16.5. The molecule has 0 radical (unpaired) electrons. The van der Waals surface area contributed by atoms with E-state index in [0.717, 1.165) is 17.6 Å². The van der Waals surface area contributed by atoms with Gasteiger partial charge in [-0.05, 0) is 18.9 Å².